The topological polar surface area (TPSA) is 40.6 Å². The zero-order valence-corrected chi connectivity index (χ0v) is 11.9. The molecule has 0 spiro atoms. The first-order valence-corrected chi connectivity index (χ1v) is 6.54. The number of hydrogen-bond donors (Lipinski definition) is 0. The minimum atomic E-state index is 0.0866. The molecule has 0 aliphatic rings. The molecule has 4 nitrogen and oxygen atoms in total. The summed E-state index contributed by atoms with van der Waals surface area (Å²) in [4.78, 5) is 26.6. The first kappa shape index (κ1) is 15.2. The van der Waals surface area contributed by atoms with Crippen LogP contribution in [0, 0.1) is 0 Å². The van der Waals surface area contributed by atoms with E-state index in [4.69, 9.17) is 0 Å². The first-order chi connectivity index (χ1) is 9.02. The van der Waals surface area contributed by atoms with Crippen LogP contribution in [0.3, 0.4) is 0 Å². The van der Waals surface area contributed by atoms with Crippen molar-refractivity contribution < 1.29 is 9.59 Å². The van der Waals surface area contributed by atoms with Gasteiger partial charge in [0.25, 0.3) is 0 Å². The Kier molecular flexibility index (Phi) is 6.06. The molecule has 0 saturated carbocycles. The predicted octanol–water partition coefficient (Wildman–Crippen LogP) is 2.30. The van der Waals surface area contributed by atoms with E-state index in [2.05, 4.69) is 0 Å². The summed E-state index contributed by atoms with van der Waals surface area (Å²) in [6.45, 7) is 0. The van der Waals surface area contributed by atoms with Crippen LogP contribution >= 0.6 is 0 Å². The Balaban J connectivity index is 2.30. The lowest BCUT2D eigenvalue weighted by molar-refractivity contribution is -0.129. The molecule has 0 heterocycles. The van der Waals surface area contributed by atoms with Gasteiger partial charge in [-0.25, -0.2) is 0 Å². The van der Waals surface area contributed by atoms with E-state index in [0.717, 1.165) is 18.5 Å². The Morgan fingerprint density at radius 2 is 1.42 bits per heavy atom. The number of nitrogens with zero attached hydrogens (tertiary/aromatic N) is 2. The number of unbranched alkanes of at least 4 members (excludes halogenated alkanes) is 1. The number of anilines is 1. The standard InChI is InChI=1S/C15H22N2O2/c1-16(2)14(18)11-7-8-12-15(19)17(3)13-9-5-4-6-10-13/h4-6,9-10H,7-8,11-12H2,1-3H3. The van der Waals surface area contributed by atoms with Gasteiger partial charge in [0.2, 0.25) is 11.8 Å². The van der Waals surface area contributed by atoms with Crippen LogP contribution in [0.25, 0.3) is 0 Å². The molecule has 2 amide bonds. The summed E-state index contributed by atoms with van der Waals surface area (Å²) in [7, 11) is 5.27. The SMILES string of the molecule is CN(C)C(=O)CCCCC(=O)N(C)c1ccccc1. The third kappa shape index (κ3) is 5.12. The Bertz CT molecular complexity index is 415. The monoisotopic (exact) mass is 262 g/mol. The third-order valence-electron chi connectivity index (χ3n) is 3.05. The van der Waals surface area contributed by atoms with Gasteiger partial charge in [-0.1, -0.05) is 18.2 Å². The fourth-order valence-corrected chi connectivity index (χ4v) is 1.74. The molecule has 0 saturated heterocycles. The number of hydrogen-bond acceptors (Lipinski definition) is 2. The molecule has 0 unspecified atom stereocenters. The maximum absolute atomic E-state index is 12.0. The van der Waals surface area contributed by atoms with E-state index in [-0.39, 0.29) is 11.8 Å². The lowest BCUT2D eigenvalue weighted by atomic mass is 10.1. The molecule has 1 aromatic rings. The second-order valence-corrected chi connectivity index (χ2v) is 4.78. The van der Waals surface area contributed by atoms with Crippen molar-refractivity contribution in [2.75, 3.05) is 26.0 Å². The summed E-state index contributed by atoms with van der Waals surface area (Å²) in [5.74, 6) is 0.201. The molecule has 1 rings (SSSR count). The van der Waals surface area contributed by atoms with Crippen molar-refractivity contribution in [3.63, 3.8) is 0 Å². The van der Waals surface area contributed by atoms with Crippen LogP contribution in [0.15, 0.2) is 30.3 Å². The smallest absolute Gasteiger partial charge is 0.226 e. The van der Waals surface area contributed by atoms with Crippen LogP contribution in [0.2, 0.25) is 0 Å². The molecule has 0 atom stereocenters. The second-order valence-electron chi connectivity index (χ2n) is 4.78. The average molecular weight is 262 g/mol. The molecule has 104 valence electrons. The lowest BCUT2D eigenvalue weighted by Gasteiger charge is -2.17. The summed E-state index contributed by atoms with van der Waals surface area (Å²) in [5, 5.41) is 0. The third-order valence-corrected chi connectivity index (χ3v) is 3.05. The van der Waals surface area contributed by atoms with Crippen molar-refractivity contribution in [3.8, 4) is 0 Å². The minimum Gasteiger partial charge on any atom is -0.349 e. The van der Waals surface area contributed by atoms with E-state index in [1.54, 1.807) is 30.9 Å². The highest BCUT2D eigenvalue weighted by molar-refractivity contribution is 5.92. The number of rotatable bonds is 6. The molecule has 4 heteroatoms. The van der Waals surface area contributed by atoms with E-state index in [1.165, 1.54) is 0 Å². The van der Waals surface area contributed by atoms with Crippen molar-refractivity contribution in [3.05, 3.63) is 30.3 Å². The molecule has 0 fully saturated rings. The van der Waals surface area contributed by atoms with Gasteiger partial charge in [-0.15, -0.1) is 0 Å². The van der Waals surface area contributed by atoms with Gasteiger partial charge in [0.15, 0.2) is 0 Å². The van der Waals surface area contributed by atoms with Crippen molar-refractivity contribution >= 4 is 17.5 Å². The van der Waals surface area contributed by atoms with Gasteiger partial charge in [0.05, 0.1) is 0 Å². The largest absolute Gasteiger partial charge is 0.349 e. The van der Waals surface area contributed by atoms with Gasteiger partial charge < -0.3 is 9.80 Å². The van der Waals surface area contributed by atoms with E-state index in [0.29, 0.717) is 12.8 Å². The van der Waals surface area contributed by atoms with Crippen LogP contribution < -0.4 is 4.90 Å². The fraction of sp³-hybridized carbons (Fsp3) is 0.467. The van der Waals surface area contributed by atoms with Crippen molar-refractivity contribution in [1.29, 1.82) is 0 Å². The molecule has 1 aromatic carbocycles. The number of carbonyl (C=O) groups excluding carboxylic acids is 2. The van der Waals surface area contributed by atoms with Crippen LogP contribution in [0.4, 0.5) is 5.69 Å². The van der Waals surface area contributed by atoms with Crippen LogP contribution in [0.1, 0.15) is 25.7 Å². The van der Waals surface area contributed by atoms with Crippen LogP contribution in [0.5, 0.6) is 0 Å². The molecule has 0 N–H and O–H groups in total. The van der Waals surface area contributed by atoms with E-state index < -0.39 is 0 Å². The van der Waals surface area contributed by atoms with Gasteiger partial charge in [0, 0.05) is 39.7 Å². The fourth-order valence-electron chi connectivity index (χ4n) is 1.74. The first-order valence-electron chi connectivity index (χ1n) is 6.54. The molecule has 0 aliphatic heterocycles. The van der Waals surface area contributed by atoms with Crippen molar-refractivity contribution in [1.82, 2.24) is 4.90 Å². The van der Waals surface area contributed by atoms with E-state index in [9.17, 15) is 9.59 Å². The summed E-state index contributed by atoms with van der Waals surface area (Å²) in [6.07, 6.45) is 2.49. The normalized spacial score (nSPS) is 10.1. The van der Waals surface area contributed by atoms with Crippen LogP contribution in [-0.4, -0.2) is 37.9 Å². The molecule has 0 aromatic heterocycles. The lowest BCUT2D eigenvalue weighted by Crippen LogP contribution is -2.26. The Hall–Kier alpha value is -1.84. The van der Waals surface area contributed by atoms with Crippen molar-refractivity contribution in [2.24, 2.45) is 0 Å². The van der Waals surface area contributed by atoms with E-state index >= 15 is 0 Å². The zero-order valence-electron chi connectivity index (χ0n) is 11.9. The predicted molar refractivity (Wildman–Crippen MR) is 77.0 cm³/mol. The number of amides is 2. The molecule has 0 radical (unpaired) electrons. The Morgan fingerprint density at radius 1 is 0.895 bits per heavy atom. The minimum absolute atomic E-state index is 0.0866. The molecular weight excluding hydrogens is 240 g/mol. The van der Waals surface area contributed by atoms with Gasteiger partial charge in [-0.2, -0.15) is 0 Å². The quantitative estimate of drug-likeness (QED) is 0.738. The highest BCUT2D eigenvalue weighted by atomic mass is 16.2. The highest BCUT2D eigenvalue weighted by Gasteiger charge is 2.10. The zero-order chi connectivity index (χ0) is 14.3. The maximum atomic E-state index is 12.0. The maximum Gasteiger partial charge on any atom is 0.226 e. The van der Waals surface area contributed by atoms with E-state index in [1.807, 2.05) is 30.3 Å². The number of para-hydroxylation sites is 1. The average Bonchev–Trinajstić information content (AvgIpc) is 2.43. The molecular formula is C15H22N2O2. The van der Waals surface area contributed by atoms with Crippen LogP contribution in [-0.2, 0) is 9.59 Å². The van der Waals surface area contributed by atoms with Crippen molar-refractivity contribution in [2.45, 2.75) is 25.7 Å². The molecule has 0 bridgehead atoms. The number of carbonyl (C=O) groups is 2. The highest BCUT2D eigenvalue weighted by Crippen LogP contribution is 2.13. The van der Waals surface area contributed by atoms with Gasteiger partial charge in [-0.05, 0) is 25.0 Å². The van der Waals surface area contributed by atoms with Gasteiger partial charge >= 0.3 is 0 Å². The Morgan fingerprint density at radius 3 is 1.95 bits per heavy atom. The summed E-state index contributed by atoms with van der Waals surface area (Å²) < 4.78 is 0. The van der Waals surface area contributed by atoms with Gasteiger partial charge in [0.1, 0.15) is 0 Å². The Labute approximate surface area is 115 Å². The summed E-state index contributed by atoms with van der Waals surface area (Å²) in [5.41, 5.74) is 0.900. The molecule has 0 aliphatic carbocycles. The van der Waals surface area contributed by atoms with Gasteiger partial charge in [-0.3, -0.25) is 9.59 Å². The molecule has 19 heavy (non-hydrogen) atoms. The number of benzene rings is 1. The summed E-state index contributed by atoms with van der Waals surface area (Å²) in [6, 6.07) is 9.57. The summed E-state index contributed by atoms with van der Waals surface area (Å²) >= 11 is 0. The second kappa shape index (κ2) is 7.56.